The quantitative estimate of drug-likeness (QED) is 0.442. The van der Waals surface area contributed by atoms with Gasteiger partial charge in [-0.3, -0.25) is 14.7 Å². The Morgan fingerprint density at radius 1 is 1.30 bits per heavy atom. The van der Waals surface area contributed by atoms with Gasteiger partial charge in [0, 0.05) is 17.7 Å². The molecule has 0 atom stereocenters. The smallest absolute Gasteiger partial charge is 0.267 e. The van der Waals surface area contributed by atoms with E-state index >= 15 is 0 Å². The van der Waals surface area contributed by atoms with Crippen LogP contribution in [0.4, 0.5) is 4.39 Å². The van der Waals surface area contributed by atoms with Gasteiger partial charge in [-0.05, 0) is 41.5 Å². The number of rotatable bonds is 4. The average molecular weight is 311 g/mol. The Morgan fingerprint density at radius 3 is 2.96 bits per heavy atom. The first-order chi connectivity index (χ1) is 11.1. The molecule has 0 aliphatic heterocycles. The van der Waals surface area contributed by atoms with Crippen LogP contribution in [0.3, 0.4) is 0 Å². The number of hydrogen-bond donors (Lipinski definition) is 2. The van der Waals surface area contributed by atoms with E-state index in [0.717, 1.165) is 22.0 Å². The third-order valence-corrected chi connectivity index (χ3v) is 3.35. The van der Waals surface area contributed by atoms with Crippen LogP contribution in [0, 0.1) is 5.82 Å². The van der Waals surface area contributed by atoms with Crippen molar-refractivity contribution in [3.05, 3.63) is 71.7 Å². The Kier molecular flexibility index (Phi) is 4.16. The summed E-state index contributed by atoms with van der Waals surface area (Å²) in [7, 11) is 0. The van der Waals surface area contributed by atoms with Gasteiger partial charge in [0.1, 0.15) is 5.82 Å². The van der Waals surface area contributed by atoms with E-state index in [1.54, 1.807) is 16.8 Å². The van der Waals surface area contributed by atoms with Crippen molar-refractivity contribution in [3.63, 3.8) is 0 Å². The SMILES string of the molecule is O=C(/C=C/c1ccc2nn(Cc3cccc(F)c3)cc2c1)NO. The lowest BCUT2D eigenvalue weighted by Crippen LogP contribution is -2.14. The Morgan fingerprint density at radius 2 is 2.17 bits per heavy atom. The summed E-state index contributed by atoms with van der Waals surface area (Å²) in [6.45, 7) is 0.477. The highest BCUT2D eigenvalue weighted by Crippen LogP contribution is 2.16. The standard InChI is InChI=1S/C17H14FN3O2/c18-15-3-1-2-13(9-15)10-21-11-14-8-12(4-6-16(14)19-21)5-7-17(22)20-23/h1-9,11,23H,10H2,(H,20,22)/b7-5+. The average Bonchev–Trinajstić information content (AvgIpc) is 2.93. The molecular weight excluding hydrogens is 297 g/mol. The summed E-state index contributed by atoms with van der Waals surface area (Å²) in [5.41, 5.74) is 3.99. The number of fused-ring (bicyclic) bond motifs is 1. The summed E-state index contributed by atoms with van der Waals surface area (Å²) in [5.74, 6) is -0.860. The largest absolute Gasteiger partial charge is 0.288 e. The van der Waals surface area contributed by atoms with Gasteiger partial charge in [-0.2, -0.15) is 5.10 Å². The van der Waals surface area contributed by atoms with E-state index in [1.807, 2.05) is 30.5 Å². The van der Waals surface area contributed by atoms with E-state index in [2.05, 4.69) is 5.10 Å². The van der Waals surface area contributed by atoms with E-state index in [0.29, 0.717) is 6.54 Å². The minimum atomic E-state index is -0.591. The highest BCUT2D eigenvalue weighted by atomic mass is 19.1. The number of hydroxylamine groups is 1. The Hall–Kier alpha value is -2.99. The van der Waals surface area contributed by atoms with Crippen molar-refractivity contribution in [1.82, 2.24) is 15.3 Å². The molecule has 0 saturated carbocycles. The highest BCUT2D eigenvalue weighted by molar-refractivity contribution is 5.91. The van der Waals surface area contributed by atoms with Gasteiger partial charge in [0.05, 0.1) is 12.1 Å². The normalized spacial score (nSPS) is 11.2. The Balaban J connectivity index is 1.84. The van der Waals surface area contributed by atoms with E-state index < -0.39 is 5.91 Å². The highest BCUT2D eigenvalue weighted by Gasteiger charge is 2.03. The summed E-state index contributed by atoms with van der Waals surface area (Å²) in [6.07, 6.45) is 4.69. The summed E-state index contributed by atoms with van der Waals surface area (Å²) in [4.78, 5) is 11.0. The van der Waals surface area contributed by atoms with Crippen LogP contribution in [-0.2, 0) is 11.3 Å². The van der Waals surface area contributed by atoms with Crippen molar-refractivity contribution in [2.75, 3.05) is 0 Å². The van der Waals surface area contributed by atoms with Crippen molar-refractivity contribution in [2.24, 2.45) is 0 Å². The van der Waals surface area contributed by atoms with Crippen LogP contribution in [0.1, 0.15) is 11.1 Å². The lowest BCUT2D eigenvalue weighted by molar-refractivity contribution is -0.124. The second-order valence-electron chi connectivity index (χ2n) is 5.08. The van der Waals surface area contributed by atoms with Crippen molar-refractivity contribution < 1.29 is 14.4 Å². The molecule has 0 fully saturated rings. The molecule has 0 unspecified atom stereocenters. The zero-order chi connectivity index (χ0) is 16.2. The predicted octanol–water partition coefficient (Wildman–Crippen LogP) is 2.74. The van der Waals surface area contributed by atoms with Gasteiger partial charge in [0.2, 0.25) is 0 Å². The molecule has 6 heteroatoms. The Labute approximate surface area is 131 Å². The fourth-order valence-electron chi connectivity index (χ4n) is 2.31. The fraction of sp³-hybridized carbons (Fsp3) is 0.0588. The minimum absolute atomic E-state index is 0.270. The van der Waals surface area contributed by atoms with Gasteiger partial charge in [-0.25, -0.2) is 9.87 Å². The summed E-state index contributed by atoms with van der Waals surface area (Å²) in [6, 6.07) is 11.9. The lowest BCUT2D eigenvalue weighted by Gasteiger charge is -2.01. The fourth-order valence-corrected chi connectivity index (χ4v) is 2.31. The maximum absolute atomic E-state index is 13.2. The van der Waals surface area contributed by atoms with Crippen molar-refractivity contribution in [2.45, 2.75) is 6.54 Å². The second kappa shape index (κ2) is 6.41. The summed E-state index contributed by atoms with van der Waals surface area (Å²) >= 11 is 0. The molecule has 3 rings (SSSR count). The third kappa shape index (κ3) is 3.61. The molecule has 3 aromatic rings. The van der Waals surface area contributed by atoms with Gasteiger partial charge in [-0.15, -0.1) is 0 Å². The van der Waals surface area contributed by atoms with Crippen LogP contribution < -0.4 is 5.48 Å². The van der Waals surface area contributed by atoms with Crippen LogP contribution in [0.2, 0.25) is 0 Å². The third-order valence-electron chi connectivity index (χ3n) is 3.35. The number of halogens is 1. The monoisotopic (exact) mass is 311 g/mol. The topological polar surface area (TPSA) is 67.2 Å². The summed E-state index contributed by atoms with van der Waals surface area (Å²) < 4.78 is 15.0. The maximum Gasteiger partial charge on any atom is 0.267 e. The van der Waals surface area contributed by atoms with Gasteiger partial charge in [0.25, 0.3) is 5.91 Å². The molecule has 5 nitrogen and oxygen atoms in total. The number of carbonyl (C=O) groups excluding carboxylic acids is 1. The first-order valence-electron chi connectivity index (χ1n) is 6.98. The number of carbonyl (C=O) groups is 1. The molecule has 23 heavy (non-hydrogen) atoms. The van der Waals surface area contributed by atoms with E-state index in [1.165, 1.54) is 23.7 Å². The molecule has 1 aromatic heterocycles. The molecule has 1 amide bonds. The van der Waals surface area contributed by atoms with Gasteiger partial charge >= 0.3 is 0 Å². The first kappa shape index (κ1) is 14.9. The number of hydrogen-bond acceptors (Lipinski definition) is 3. The molecule has 0 aliphatic carbocycles. The van der Waals surface area contributed by atoms with Crippen LogP contribution >= 0.6 is 0 Å². The molecule has 2 aromatic carbocycles. The Bertz CT molecular complexity index is 886. The molecule has 0 saturated heterocycles. The van der Waals surface area contributed by atoms with Crippen LogP contribution in [0.25, 0.3) is 17.0 Å². The molecular formula is C17H14FN3O2. The molecule has 0 aliphatic rings. The van der Waals surface area contributed by atoms with Crippen LogP contribution in [0.15, 0.2) is 54.7 Å². The number of benzene rings is 2. The predicted molar refractivity (Wildman–Crippen MR) is 84.2 cm³/mol. The van der Waals surface area contributed by atoms with Crippen molar-refractivity contribution >= 4 is 22.9 Å². The van der Waals surface area contributed by atoms with Gasteiger partial charge < -0.3 is 0 Å². The molecule has 1 heterocycles. The molecule has 116 valence electrons. The molecule has 0 radical (unpaired) electrons. The molecule has 0 bridgehead atoms. The zero-order valence-electron chi connectivity index (χ0n) is 12.1. The molecule has 0 spiro atoms. The van der Waals surface area contributed by atoms with Gasteiger partial charge in [-0.1, -0.05) is 18.2 Å². The van der Waals surface area contributed by atoms with Crippen LogP contribution in [-0.4, -0.2) is 20.9 Å². The number of amides is 1. The lowest BCUT2D eigenvalue weighted by atomic mass is 10.1. The first-order valence-corrected chi connectivity index (χ1v) is 6.98. The maximum atomic E-state index is 13.2. The molecule has 2 N–H and O–H groups in total. The van der Waals surface area contributed by atoms with Crippen LogP contribution in [0.5, 0.6) is 0 Å². The zero-order valence-corrected chi connectivity index (χ0v) is 12.1. The minimum Gasteiger partial charge on any atom is -0.288 e. The second-order valence-corrected chi connectivity index (χ2v) is 5.08. The van der Waals surface area contributed by atoms with Crippen molar-refractivity contribution in [3.8, 4) is 0 Å². The number of nitrogens with one attached hydrogen (secondary N) is 1. The number of nitrogens with zero attached hydrogens (tertiary/aromatic N) is 2. The van der Waals surface area contributed by atoms with Gasteiger partial charge in [0.15, 0.2) is 0 Å². The number of aromatic nitrogens is 2. The van der Waals surface area contributed by atoms with Crippen molar-refractivity contribution in [1.29, 1.82) is 0 Å². The van der Waals surface area contributed by atoms with E-state index in [-0.39, 0.29) is 5.82 Å². The van der Waals surface area contributed by atoms with E-state index in [4.69, 9.17) is 5.21 Å². The van der Waals surface area contributed by atoms with E-state index in [9.17, 15) is 9.18 Å². The summed E-state index contributed by atoms with van der Waals surface area (Å²) in [5, 5.41) is 13.8.